The molecule has 0 N–H and O–H groups in total. The Hall–Kier alpha value is -0.940. The zero-order chi connectivity index (χ0) is 16.9. The van der Waals surface area contributed by atoms with Gasteiger partial charge in [-0.05, 0) is 0 Å². The minimum atomic E-state index is -0.931. The van der Waals surface area contributed by atoms with Gasteiger partial charge in [0.1, 0.15) is 12.7 Å². The predicted molar refractivity (Wildman–Crippen MR) is 81.2 cm³/mol. The van der Waals surface area contributed by atoms with E-state index in [1.807, 2.05) is 22.6 Å². The van der Waals surface area contributed by atoms with Gasteiger partial charge in [-0.2, -0.15) is 0 Å². The third-order valence-electron chi connectivity index (χ3n) is 2.86. The van der Waals surface area contributed by atoms with Gasteiger partial charge in [0.25, 0.3) is 0 Å². The van der Waals surface area contributed by atoms with E-state index in [1.54, 1.807) is 0 Å². The first-order chi connectivity index (χ1) is 10.3. The molecule has 0 aromatic carbocycles. The van der Waals surface area contributed by atoms with Gasteiger partial charge < -0.3 is 23.7 Å². The van der Waals surface area contributed by atoms with E-state index in [4.69, 9.17) is 23.7 Å². The van der Waals surface area contributed by atoms with Gasteiger partial charge in [0.05, 0.1) is 3.92 Å². The van der Waals surface area contributed by atoms with E-state index in [0.717, 1.165) is 0 Å². The summed E-state index contributed by atoms with van der Waals surface area (Å²) in [6.45, 7) is 3.76. The Morgan fingerprint density at radius 1 is 1.00 bits per heavy atom. The average molecular weight is 430 g/mol. The molecule has 0 spiro atoms. The number of rotatable bonds is 5. The number of carbonyl (C=O) groups is 3. The van der Waals surface area contributed by atoms with E-state index in [9.17, 15) is 14.4 Å². The summed E-state index contributed by atoms with van der Waals surface area (Å²) >= 11 is 2.01. The third kappa shape index (κ3) is 5.36. The normalized spacial score (nSPS) is 31.2. The summed E-state index contributed by atoms with van der Waals surface area (Å²) in [6, 6.07) is 0. The zero-order valence-electron chi connectivity index (χ0n) is 12.7. The van der Waals surface area contributed by atoms with Gasteiger partial charge in [0, 0.05) is 27.9 Å². The molecule has 0 aromatic heterocycles. The molecule has 0 aromatic rings. The molecule has 22 heavy (non-hydrogen) atoms. The zero-order valence-corrected chi connectivity index (χ0v) is 14.9. The molecule has 0 unspecified atom stereocenters. The molecule has 0 aliphatic carbocycles. The Kier molecular flexibility index (Phi) is 7.49. The molecule has 0 radical (unpaired) electrons. The first-order valence-electron chi connectivity index (χ1n) is 6.56. The van der Waals surface area contributed by atoms with Crippen molar-refractivity contribution >= 4 is 40.5 Å². The van der Waals surface area contributed by atoms with Crippen molar-refractivity contribution in [2.45, 2.75) is 49.3 Å². The van der Waals surface area contributed by atoms with E-state index in [-0.39, 0.29) is 6.61 Å². The minimum Gasteiger partial charge on any atom is -0.463 e. The lowest BCUT2D eigenvalue weighted by atomic mass is 10.0. The Morgan fingerprint density at radius 3 is 2.00 bits per heavy atom. The SMILES string of the molecule is CO[C@H]1O[C@H](COC(C)=O)[C@H](I)[C@H](OC(C)=O)[C@H]1OC(C)=O. The molecule has 1 aliphatic heterocycles. The number of alkyl halides is 1. The van der Waals surface area contributed by atoms with Gasteiger partial charge in [-0.15, -0.1) is 0 Å². The van der Waals surface area contributed by atoms with Crippen molar-refractivity contribution in [1.82, 2.24) is 0 Å². The summed E-state index contributed by atoms with van der Waals surface area (Å²) in [7, 11) is 1.38. The maximum Gasteiger partial charge on any atom is 0.303 e. The lowest BCUT2D eigenvalue weighted by molar-refractivity contribution is -0.267. The van der Waals surface area contributed by atoms with E-state index in [2.05, 4.69) is 0 Å². The number of halogens is 1. The summed E-state index contributed by atoms with van der Waals surface area (Å²) in [4.78, 5) is 33.5. The monoisotopic (exact) mass is 430 g/mol. The van der Waals surface area contributed by atoms with Crippen molar-refractivity contribution in [2.24, 2.45) is 0 Å². The highest BCUT2D eigenvalue weighted by atomic mass is 127. The molecule has 1 heterocycles. The molecular weight excluding hydrogens is 411 g/mol. The fourth-order valence-electron chi connectivity index (χ4n) is 2.03. The smallest absolute Gasteiger partial charge is 0.303 e. The largest absolute Gasteiger partial charge is 0.463 e. The maximum atomic E-state index is 11.3. The van der Waals surface area contributed by atoms with Crippen LogP contribution in [0.3, 0.4) is 0 Å². The van der Waals surface area contributed by atoms with Crippen LogP contribution in [0.5, 0.6) is 0 Å². The third-order valence-corrected chi connectivity index (χ3v) is 4.37. The van der Waals surface area contributed by atoms with E-state index in [1.165, 1.54) is 27.9 Å². The second-order valence-electron chi connectivity index (χ2n) is 4.67. The summed E-state index contributed by atoms with van der Waals surface area (Å²) in [5.41, 5.74) is 0. The number of hydrogen-bond acceptors (Lipinski definition) is 8. The highest BCUT2D eigenvalue weighted by molar-refractivity contribution is 14.1. The van der Waals surface area contributed by atoms with E-state index < -0.39 is 46.4 Å². The first-order valence-corrected chi connectivity index (χ1v) is 7.81. The molecule has 1 aliphatic rings. The van der Waals surface area contributed by atoms with Crippen LogP contribution in [0.4, 0.5) is 0 Å². The molecule has 0 saturated carbocycles. The average Bonchev–Trinajstić information content (AvgIpc) is 2.41. The molecule has 126 valence electrons. The highest BCUT2D eigenvalue weighted by Gasteiger charge is 2.49. The van der Waals surface area contributed by atoms with Crippen molar-refractivity contribution in [2.75, 3.05) is 13.7 Å². The standard InChI is InChI=1S/C13H19IO8/c1-6(15)19-5-9-10(14)11(20-7(2)16)12(21-8(3)17)13(18-4)22-9/h9-13H,5H2,1-4H3/t9-,10+,11+,12-,13+/m1/s1. The van der Waals surface area contributed by atoms with Crippen molar-refractivity contribution in [1.29, 1.82) is 0 Å². The molecule has 9 heteroatoms. The maximum absolute atomic E-state index is 11.3. The van der Waals surface area contributed by atoms with Gasteiger partial charge >= 0.3 is 17.9 Å². The number of carbonyl (C=O) groups excluding carboxylic acids is 3. The second kappa shape index (κ2) is 8.63. The highest BCUT2D eigenvalue weighted by Crippen LogP contribution is 2.31. The summed E-state index contributed by atoms with van der Waals surface area (Å²) in [5, 5.41) is 0. The molecule has 1 saturated heterocycles. The predicted octanol–water partition coefficient (Wildman–Crippen LogP) is 0.588. The second-order valence-corrected chi connectivity index (χ2v) is 6.11. The number of hydrogen-bond donors (Lipinski definition) is 0. The van der Waals surface area contributed by atoms with Gasteiger partial charge in [-0.1, -0.05) is 22.6 Å². The Balaban J connectivity index is 2.95. The number of ether oxygens (including phenoxy) is 5. The Morgan fingerprint density at radius 2 is 1.55 bits per heavy atom. The van der Waals surface area contributed by atoms with Crippen molar-refractivity contribution < 1.29 is 38.1 Å². The Bertz CT molecular complexity index is 426. The van der Waals surface area contributed by atoms with Gasteiger partial charge in [0.15, 0.2) is 18.5 Å². The van der Waals surface area contributed by atoms with Crippen LogP contribution < -0.4 is 0 Å². The summed E-state index contributed by atoms with van der Waals surface area (Å²) in [5.74, 6) is -1.52. The van der Waals surface area contributed by atoms with Crippen LogP contribution in [0, 0.1) is 0 Å². The van der Waals surface area contributed by atoms with Crippen LogP contribution in [0.2, 0.25) is 0 Å². The molecule has 5 atom stereocenters. The minimum absolute atomic E-state index is 0.0205. The van der Waals surface area contributed by atoms with Crippen LogP contribution >= 0.6 is 22.6 Å². The molecule has 1 fully saturated rings. The fourth-order valence-corrected chi connectivity index (χ4v) is 2.96. The van der Waals surface area contributed by atoms with Gasteiger partial charge in [-0.3, -0.25) is 14.4 Å². The summed E-state index contributed by atoms with van der Waals surface area (Å²) in [6.07, 6.45) is -3.17. The van der Waals surface area contributed by atoms with Crippen LogP contribution in [-0.2, 0) is 38.1 Å². The lowest BCUT2D eigenvalue weighted by Crippen LogP contribution is -2.59. The van der Waals surface area contributed by atoms with Gasteiger partial charge in [0.2, 0.25) is 0 Å². The van der Waals surface area contributed by atoms with Gasteiger partial charge in [-0.25, -0.2) is 0 Å². The van der Waals surface area contributed by atoms with Crippen LogP contribution in [-0.4, -0.2) is 60.2 Å². The fraction of sp³-hybridized carbons (Fsp3) is 0.769. The van der Waals surface area contributed by atoms with E-state index >= 15 is 0 Å². The lowest BCUT2D eigenvalue weighted by Gasteiger charge is -2.42. The molecular formula is C13H19IO8. The van der Waals surface area contributed by atoms with Crippen molar-refractivity contribution in [3.8, 4) is 0 Å². The molecule has 1 rings (SSSR count). The first kappa shape index (κ1) is 19.1. The van der Waals surface area contributed by atoms with Crippen LogP contribution in [0.15, 0.2) is 0 Å². The van der Waals surface area contributed by atoms with Crippen molar-refractivity contribution in [3.05, 3.63) is 0 Å². The van der Waals surface area contributed by atoms with Crippen LogP contribution in [0.25, 0.3) is 0 Å². The Labute approximate surface area is 141 Å². The number of methoxy groups -OCH3 is 1. The topological polar surface area (TPSA) is 97.4 Å². The quantitative estimate of drug-likeness (QED) is 0.271. The molecule has 8 nitrogen and oxygen atoms in total. The van der Waals surface area contributed by atoms with E-state index in [0.29, 0.717) is 0 Å². The molecule has 0 bridgehead atoms. The van der Waals surface area contributed by atoms with Crippen molar-refractivity contribution in [3.63, 3.8) is 0 Å². The summed E-state index contributed by atoms with van der Waals surface area (Å²) < 4.78 is 25.8. The number of esters is 3. The van der Waals surface area contributed by atoms with Crippen LogP contribution in [0.1, 0.15) is 20.8 Å². The molecule has 0 amide bonds.